The monoisotopic (exact) mass is 335 g/mol. The van der Waals surface area contributed by atoms with Crippen molar-refractivity contribution in [3.05, 3.63) is 35.4 Å². The molecule has 4 heteroatoms. The van der Waals surface area contributed by atoms with Crippen LogP contribution in [0.1, 0.15) is 69.3 Å². The molecule has 1 atom stereocenters. The molecule has 0 N–H and O–H groups in total. The van der Waals surface area contributed by atoms with Crippen LogP contribution in [0.15, 0.2) is 24.3 Å². The van der Waals surface area contributed by atoms with E-state index in [0.29, 0.717) is 12.1 Å². The van der Waals surface area contributed by atoms with Crippen molar-refractivity contribution < 1.29 is 14.3 Å². The zero-order valence-corrected chi connectivity index (χ0v) is 16.1. The summed E-state index contributed by atoms with van der Waals surface area (Å²) in [6.07, 6.45) is 2.10. The van der Waals surface area contributed by atoms with Crippen molar-refractivity contribution in [1.29, 1.82) is 0 Å². The molecule has 1 heterocycles. The molecule has 136 valence electrons. The molecule has 0 radical (unpaired) electrons. The number of ketones is 1. The first-order chi connectivity index (χ1) is 11.6. The van der Waals surface area contributed by atoms with Crippen LogP contribution in [0.4, 0.5) is 0 Å². The fraction of sp³-hybridized carbons (Fsp3) is 0.600. The van der Waals surface area contributed by atoms with Gasteiger partial charge in [0.25, 0.3) is 0 Å². The summed E-state index contributed by atoms with van der Waals surface area (Å²) < 4.78 is 4.66. The standard InChI is InChI=1S/C15H19NO3.C3H8.C2H6/c1-3-16-9-8-13(14(17)10-16)11-4-6-12(7-5-11)15(18)19-2;1-3-2;1-2/h4-7,13H,3,8-10H2,1-2H3;3H2,1-2H3;1-2H3. The summed E-state index contributed by atoms with van der Waals surface area (Å²) in [6, 6.07) is 7.16. The summed E-state index contributed by atoms with van der Waals surface area (Å²) in [5.41, 5.74) is 1.51. The van der Waals surface area contributed by atoms with Crippen molar-refractivity contribution in [2.75, 3.05) is 26.7 Å². The second kappa shape index (κ2) is 12.7. The number of carbonyl (C=O) groups excluding carboxylic acids is 2. The Morgan fingerprint density at radius 2 is 1.71 bits per heavy atom. The number of Topliss-reactive ketones (excluding diaryl/α,β-unsaturated/α-hetero) is 1. The molecule has 4 nitrogen and oxygen atoms in total. The van der Waals surface area contributed by atoms with E-state index >= 15 is 0 Å². The molecular formula is C20H33NO3. The summed E-state index contributed by atoms with van der Waals surface area (Å²) >= 11 is 0. The highest BCUT2D eigenvalue weighted by molar-refractivity contribution is 5.90. The molecule has 0 amide bonds. The Kier molecular flexibility index (Phi) is 11.8. The van der Waals surface area contributed by atoms with E-state index in [-0.39, 0.29) is 17.7 Å². The van der Waals surface area contributed by atoms with Crippen molar-refractivity contribution in [3.63, 3.8) is 0 Å². The molecular weight excluding hydrogens is 302 g/mol. The number of methoxy groups -OCH3 is 1. The molecule has 0 spiro atoms. The molecule has 0 aromatic heterocycles. The topological polar surface area (TPSA) is 46.6 Å². The molecule has 1 aliphatic rings. The number of nitrogens with zero attached hydrogens (tertiary/aromatic N) is 1. The first-order valence-corrected chi connectivity index (χ1v) is 9.00. The average Bonchev–Trinajstić information content (AvgIpc) is 2.63. The van der Waals surface area contributed by atoms with Crippen LogP contribution in [0.5, 0.6) is 0 Å². The fourth-order valence-electron chi connectivity index (χ4n) is 2.47. The molecule has 0 bridgehead atoms. The number of likely N-dealkylation sites (N-methyl/N-ethyl adjacent to an activating group) is 1. The van der Waals surface area contributed by atoms with Gasteiger partial charge in [-0.05, 0) is 37.2 Å². The Labute approximate surface area is 147 Å². The zero-order valence-electron chi connectivity index (χ0n) is 16.1. The Morgan fingerprint density at radius 3 is 2.12 bits per heavy atom. The molecule has 1 unspecified atom stereocenters. The predicted molar refractivity (Wildman–Crippen MR) is 99.6 cm³/mol. The number of hydrogen-bond acceptors (Lipinski definition) is 4. The first-order valence-electron chi connectivity index (χ1n) is 9.00. The highest BCUT2D eigenvalue weighted by Crippen LogP contribution is 2.25. The number of benzene rings is 1. The molecule has 2 rings (SSSR count). The van der Waals surface area contributed by atoms with E-state index < -0.39 is 0 Å². The summed E-state index contributed by atoms with van der Waals surface area (Å²) in [7, 11) is 1.36. The molecule has 1 aromatic rings. The van der Waals surface area contributed by atoms with Gasteiger partial charge < -0.3 is 4.74 Å². The summed E-state index contributed by atoms with van der Waals surface area (Å²) in [4.78, 5) is 25.6. The van der Waals surface area contributed by atoms with Crippen LogP contribution < -0.4 is 0 Å². The Hall–Kier alpha value is -1.68. The molecule has 1 saturated heterocycles. The zero-order chi connectivity index (χ0) is 18.5. The smallest absolute Gasteiger partial charge is 0.337 e. The lowest BCUT2D eigenvalue weighted by molar-refractivity contribution is -0.123. The highest BCUT2D eigenvalue weighted by atomic mass is 16.5. The van der Waals surface area contributed by atoms with Gasteiger partial charge in [-0.1, -0.05) is 53.2 Å². The van der Waals surface area contributed by atoms with Gasteiger partial charge in [0.15, 0.2) is 5.78 Å². The predicted octanol–water partition coefficient (Wildman–Crippen LogP) is 4.29. The van der Waals surface area contributed by atoms with Crippen LogP contribution in [0, 0.1) is 0 Å². The number of rotatable bonds is 3. The second-order valence-electron chi connectivity index (χ2n) is 5.50. The van der Waals surface area contributed by atoms with Crippen LogP contribution in [-0.2, 0) is 9.53 Å². The maximum Gasteiger partial charge on any atom is 0.337 e. The van der Waals surface area contributed by atoms with Crippen molar-refractivity contribution in [1.82, 2.24) is 4.90 Å². The lowest BCUT2D eigenvalue weighted by Crippen LogP contribution is -2.39. The summed E-state index contributed by atoms with van der Waals surface area (Å²) in [5.74, 6) is -0.118. The third kappa shape index (κ3) is 6.83. The van der Waals surface area contributed by atoms with Gasteiger partial charge in [-0.15, -0.1) is 0 Å². The van der Waals surface area contributed by atoms with Gasteiger partial charge in [0.05, 0.1) is 19.2 Å². The summed E-state index contributed by atoms with van der Waals surface area (Å²) in [6.45, 7) is 12.7. The van der Waals surface area contributed by atoms with Gasteiger partial charge in [-0.2, -0.15) is 0 Å². The number of likely N-dealkylation sites (tertiary alicyclic amines) is 1. The van der Waals surface area contributed by atoms with E-state index in [2.05, 4.69) is 30.4 Å². The number of carbonyl (C=O) groups is 2. The average molecular weight is 335 g/mol. The third-order valence-corrected chi connectivity index (χ3v) is 3.68. The Balaban J connectivity index is 0.000000952. The van der Waals surface area contributed by atoms with Crippen LogP contribution in [-0.4, -0.2) is 43.4 Å². The van der Waals surface area contributed by atoms with E-state index in [9.17, 15) is 9.59 Å². The maximum absolute atomic E-state index is 12.1. The van der Waals surface area contributed by atoms with Gasteiger partial charge in [0, 0.05) is 5.92 Å². The lowest BCUT2D eigenvalue weighted by atomic mass is 9.88. The van der Waals surface area contributed by atoms with Crippen LogP contribution in [0.3, 0.4) is 0 Å². The second-order valence-corrected chi connectivity index (χ2v) is 5.50. The SMILES string of the molecule is CC.CCC.CCN1CCC(c2ccc(C(=O)OC)cc2)C(=O)C1. The molecule has 24 heavy (non-hydrogen) atoms. The largest absolute Gasteiger partial charge is 0.465 e. The van der Waals surface area contributed by atoms with E-state index in [1.165, 1.54) is 13.5 Å². The normalized spacial score (nSPS) is 17.1. The third-order valence-electron chi connectivity index (χ3n) is 3.68. The molecule has 1 aromatic carbocycles. The number of hydrogen-bond donors (Lipinski definition) is 0. The minimum absolute atomic E-state index is 0.0329. The van der Waals surface area contributed by atoms with Crippen molar-refractivity contribution in [3.8, 4) is 0 Å². The van der Waals surface area contributed by atoms with Crippen molar-refractivity contribution >= 4 is 11.8 Å². The molecule has 0 aliphatic carbocycles. The lowest BCUT2D eigenvalue weighted by Gasteiger charge is -2.30. The number of ether oxygens (including phenoxy) is 1. The summed E-state index contributed by atoms with van der Waals surface area (Å²) in [5, 5.41) is 0. The molecule has 1 fully saturated rings. The van der Waals surface area contributed by atoms with Gasteiger partial charge in [-0.25, -0.2) is 4.79 Å². The van der Waals surface area contributed by atoms with Crippen molar-refractivity contribution in [2.45, 2.75) is 53.4 Å². The van der Waals surface area contributed by atoms with Gasteiger partial charge in [0.2, 0.25) is 0 Å². The van der Waals surface area contributed by atoms with Gasteiger partial charge in [0.1, 0.15) is 0 Å². The fourth-order valence-corrected chi connectivity index (χ4v) is 2.47. The van der Waals surface area contributed by atoms with E-state index in [4.69, 9.17) is 0 Å². The van der Waals surface area contributed by atoms with Gasteiger partial charge in [-0.3, -0.25) is 9.69 Å². The van der Waals surface area contributed by atoms with Crippen LogP contribution >= 0.6 is 0 Å². The van der Waals surface area contributed by atoms with Gasteiger partial charge >= 0.3 is 5.97 Å². The van der Waals surface area contributed by atoms with E-state index in [1.807, 2.05) is 26.0 Å². The van der Waals surface area contributed by atoms with E-state index in [0.717, 1.165) is 25.1 Å². The highest BCUT2D eigenvalue weighted by Gasteiger charge is 2.27. The first kappa shape index (κ1) is 22.3. The minimum Gasteiger partial charge on any atom is -0.465 e. The minimum atomic E-state index is -0.348. The maximum atomic E-state index is 12.1. The van der Waals surface area contributed by atoms with E-state index in [1.54, 1.807) is 12.1 Å². The molecule has 0 saturated carbocycles. The molecule has 1 aliphatic heterocycles. The number of esters is 1. The Morgan fingerprint density at radius 1 is 1.17 bits per heavy atom. The van der Waals surface area contributed by atoms with Crippen LogP contribution in [0.2, 0.25) is 0 Å². The van der Waals surface area contributed by atoms with Crippen LogP contribution in [0.25, 0.3) is 0 Å². The quantitative estimate of drug-likeness (QED) is 0.773. The van der Waals surface area contributed by atoms with Crippen molar-refractivity contribution in [2.24, 2.45) is 0 Å². The Bertz CT molecular complexity index is 482. The number of piperidine rings is 1.